The van der Waals surface area contributed by atoms with Crippen molar-refractivity contribution in [3.63, 3.8) is 0 Å². The number of nitrogens with one attached hydrogen (secondary N) is 1. The van der Waals surface area contributed by atoms with Crippen LogP contribution in [0, 0.1) is 0 Å². The van der Waals surface area contributed by atoms with Crippen molar-refractivity contribution in [3.05, 3.63) is 82.3 Å². The molecule has 0 saturated carbocycles. The van der Waals surface area contributed by atoms with E-state index in [0.717, 1.165) is 11.3 Å². The predicted octanol–water partition coefficient (Wildman–Crippen LogP) is 5.98. The van der Waals surface area contributed by atoms with Gasteiger partial charge in [-0.3, -0.25) is 4.79 Å². The molecule has 0 bridgehead atoms. The molecule has 0 fully saturated rings. The van der Waals surface area contributed by atoms with Gasteiger partial charge in [0.25, 0.3) is 0 Å². The lowest BCUT2D eigenvalue weighted by Crippen LogP contribution is -2.15. The van der Waals surface area contributed by atoms with Gasteiger partial charge < -0.3 is 14.8 Å². The van der Waals surface area contributed by atoms with Crippen LogP contribution in [0.4, 0.5) is 5.69 Å². The molecule has 6 heteroatoms. The molecule has 0 heterocycles. The van der Waals surface area contributed by atoms with Crippen LogP contribution in [0.15, 0.2) is 66.7 Å². The number of anilines is 1. The number of ether oxygens (including phenoxy) is 2. The molecule has 0 aliphatic carbocycles. The van der Waals surface area contributed by atoms with Crippen LogP contribution in [-0.2, 0) is 11.2 Å². The molecule has 1 N–H and O–H groups in total. The summed E-state index contributed by atoms with van der Waals surface area (Å²) in [6, 6.07) is 19.4. The lowest BCUT2D eigenvalue weighted by molar-refractivity contribution is -0.115. The van der Waals surface area contributed by atoms with Crippen molar-refractivity contribution in [2.45, 2.75) is 6.42 Å². The molecule has 0 aromatic heterocycles. The maximum Gasteiger partial charge on any atom is 0.228 e. The minimum Gasteiger partial charge on any atom is -0.497 e. The van der Waals surface area contributed by atoms with E-state index >= 15 is 0 Å². The van der Waals surface area contributed by atoms with Gasteiger partial charge in [-0.25, -0.2) is 0 Å². The van der Waals surface area contributed by atoms with E-state index in [2.05, 4.69) is 5.32 Å². The normalized spacial score (nSPS) is 10.3. The lowest BCUT2D eigenvalue weighted by atomic mass is 10.1. The first-order valence-electron chi connectivity index (χ1n) is 8.19. The SMILES string of the molecule is COc1ccc(Oc2ccc(Cl)cc2NC(=O)Cc2cccc(Cl)c2)cc1. The van der Waals surface area contributed by atoms with Crippen molar-refractivity contribution in [1.82, 2.24) is 0 Å². The Kier molecular flexibility index (Phi) is 6.22. The zero-order valence-electron chi connectivity index (χ0n) is 14.5. The fraction of sp³-hybridized carbons (Fsp3) is 0.0952. The summed E-state index contributed by atoms with van der Waals surface area (Å²) in [7, 11) is 1.60. The van der Waals surface area contributed by atoms with E-state index in [9.17, 15) is 4.79 Å². The third kappa shape index (κ3) is 5.39. The van der Waals surface area contributed by atoms with Crippen LogP contribution < -0.4 is 14.8 Å². The van der Waals surface area contributed by atoms with Crippen molar-refractivity contribution in [1.29, 1.82) is 0 Å². The standard InChI is InChI=1S/C21H17Cl2NO3/c1-26-17-6-8-18(9-7-17)27-20-10-5-16(23)13-19(20)24-21(25)12-14-3-2-4-15(22)11-14/h2-11,13H,12H2,1H3,(H,24,25). The first-order valence-corrected chi connectivity index (χ1v) is 8.95. The number of benzene rings is 3. The second-order valence-electron chi connectivity index (χ2n) is 5.77. The maximum atomic E-state index is 12.4. The highest BCUT2D eigenvalue weighted by Crippen LogP contribution is 2.33. The molecule has 27 heavy (non-hydrogen) atoms. The summed E-state index contributed by atoms with van der Waals surface area (Å²) in [6.45, 7) is 0. The van der Waals surface area contributed by atoms with Gasteiger partial charge in [-0.15, -0.1) is 0 Å². The van der Waals surface area contributed by atoms with Gasteiger partial charge in [-0.2, -0.15) is 0 Å². The Morgan fingerprint density at radius 1 is 0.926 bits per heavy atom. The van der Waals surface area contributed by atoms with E-state index in [-0.39, 0.29) is 12.3 Å². The number of hydrogen-bond acceptors (Lipinski definition) is 3. The van der Waals surface area contributed by atoms with Crippen molar-refractivity contribution in [3.8, 4) is 17.2 Å². The van der Waals surface area contributed by atoms with E-state index in [1.807, 2.05) is 12.1 Å². The number of hydrogen-bond donors (Lipinski definition) is 1. The van der Waals surface area contributed by atoms with Crippen molar-refractivity contribution < 1.29 is 14.3 Å². The molecule has 3 aromatic carbocycles. The summed E-state index contributed by atoms with van der Waals surface area (Å²) < 4.78 is 11.0. The molecule has 0 aliphatic rings. The van der Waals surface area contributed by atoms with Gasteiger partial charge in [0.2, 0.25) is 5.91 Å². The Morgan fingerprint density at radius 3 is 2.33 bits per heavy atom. The van der Waals surface area contributed by atoms with Crippen LogP contribution in [-0.4, -0.2) is 13.0 Å². The monoisotopic (exact) mass is 401 g/mol. The predicted molar refractivity (Wildman–Crippen MR) is 108 cm³/mol. The average Bonchev–Trinajstić information content (AvgIpc) is 2.64. The van der Waals surface area contributed by atoms with Gasteiger partial charge in [0.1, 0.15) is 11.5 Å². The molecule has 3 aromatic rings. The topological polar surface area (TPSA) is 47.6 Å². The molecule has 0 spiro atoms. The second-order valence-corrected chi connectivity index (χ2v) is 6.65. The molecule has 0 saturated heterocycles. The quantitative estimate of drug-likeness (QED) is 0.552. The Hall–Kier alpha value is -2.69. The average molecular weight is 402 g/mol. The molecule has 3 rings (SSSR count). The Balaban J connectivity index is 1.75. The highest BCUT2D eigenvalue weighted by atomic mass is 35.5. The molecule has 138 valence electrons. The molecule has 0 unspecified atom stereocenters. The summed E-state index contributed by atoms with van der Waals surface area (Å²) in [5.74, 6) is 1.64. The zero-order valence-corrected chi connectivity index (χ0v) is 16.1. The minimum atomic E-state index is -0.195. The molecule has 0 atom stereocenters. The number of methoxy groups -OCH3 is 1. The summed E-state index contributed by atoms with van der Waals surface area (Å²) in [6.07, 6.45) is 0.190. The Labute approximate surface area is 167 Å². The smallest absolute Gasteiger partial charge is 0.228 e. The van der Waals surface area contributed by atoms with Crippen LogP contribution in [0.3, 0.4) is 0 Å². The van der Waals surface area contributed by atoms with Gasteiger partial charge in [0, 0.05) is 10.0 Å². The zero-order chi connectivity index (χ0) is 19.2. The number of amides is 1. The van der Waals surface area contributed by atoms with Crippen LogP contribution in [0.1, 0.15) is 5.56 Å². The first kappa shape index (κ1) is 19.1. The number of carbonyl (C=O) groups excluding carboxylic acids is 1. The van der Waals surface area contributed by atoms with Crippen molar-refractivity contribution >= 4 is 34.8 Å². The van der Waals surface area contributed by atoms with Crippen molar-refractivity contribution in [2.24, 2.45) is 0 Å². The van der Waals surface area contributed by atoms with Crippen LogP contribution in [0.25, 0.3) is 0 Å². The van der Waals surface area contributed by atoms with E-state index in [4.69, 9.17) is 32.7 Å². The maximum absolute atomic E-state index is 12.4. The Bertz CT molecular complexity index is 942. The molecule has 1 amide bonds. The fourth-order valence-corrected chi connectivity index (χ4v) is 2.87. The van der Waals surface area contributed by atoms with Gasteiger partial charge in [-0.1, -0.05) is 35.3 Å². The molecule has 4 nitrogen and oxygen atoms in total. The van der Waals surface area contributed by atoms with Gasteiger partial charge >= 0.3 is 0 Å². The van der Waals surface area contributed by atoms with E-state index in [1.54, 1.807) is 61.7 Å². The fourth-order valence-electron chi connectivity index (χ4n) is 2.49. The summed E-state index contributed by atoms with van der Waals surface area (Å²) in [5, 5.41) is 3.93. The first-order chi connectivity index (χ1) is 13.0. The summed E-state index contributed by atoms with van der Waals surface area (Å²) >= 11 is 12.1. The third-order valence-corrected chi connectivity index (χ3v) is 4.23. The van der Waals surface area contributed by atoms with Crippen molar-refractivity contribution in [2.75, 3.05) is 12.4 Å². The van der Waals surface area contributed by atoms with Gasteiger partial charge in [0.05, 0.1) is 19.2 Å². The number of halogens is 2. The van der Waals surface area contributed by atoms with Crippen LogP contribution in [0.5, 0.6) is 17.2 Å². The van der Waals surface area contributed by atoms with E-state index in [1.165, 1.54) is 0 Å². The number of carbonyl (C=O) groups is 1. The van der Waals surface area contributed by atoms with Crippen LogP contribution >= 0.6 is 23.2 Å². The highest BCUT2D eigenvalue weighted by Gasteiger charge is 2.11. The summed E-state index contributed by atoms with van der Waals surface area (Å²) in [4.78, 5) is 12.4. The largest absolute Gasteiger partial charge is 0.497 e. The molecular formula is C21H17Cl2NO3. The van der Waals surface area contributed by atoms with Gasteiger partial charge in [0.15, 0.2) is 5.75 Å². The number of rotatable bonds is 6. The second kappa shape index (κ2) is 8.80. The molecule has 0 aliphatic heterocycles. The highest BCUT2D eigenvalue weighted by molar-refractivity contribution is 6.31. The third-order valence-electron chi connectivity index (χ3n) is 3.76. The van der Waals surface area contributed by atoms with Gasteiger partial charge in [-0.05, 0) is 60.2 Å². The van der Waals surface area contributed by atoms with Crippen LogP contribution in [0.2, 0.25) is 10.0 Å². The Morgan fingerprint density at radius 2 is 1.63 bits per heavy atom. The molecular weight excluding hydrogens is 385 g/mol. The van der Waals surface area contributed by atoms with E-state index < -0.39 is 0 Å². The molecule has 0 radical (unpaired) electrons. The summed E-state index contributed by atoms with van der Waals surface area (Å²) in [5.41, 5.74) is 1.31. The minimum absolute atomic E-state index is 0.190. The lowest BCUT2D eigenvalue weighted by Gasteiger charge is -2.13. The van der Waals surface area contributed by atoms with E-state index in [0.29, 0.717) is 27.2 Å².